The molecular formula is C17H32N4O5. The van der Waals surface area contributed by atoms with Crippen LogP contribution in [0.5, 0.6) is 0 Å². The molecule has 0 fully saturated rings. The molecule has 0 aliphatic heterocycles. The van der Waals surface area contributed by atoms with Gasteiger partial charge in [-0.3, -0.25) is 19.2 Å². The van der Waals surface area contributed by atoms with Gasteiger partial charge >= 0.3 is 5.97 Å². The molecule has 0 aromatic heterocycles. The van der Waals surface area contributed by atoms with Gasteiger partial charge in [-0.1, -0.05) is 27.7 Å². The van der Waals surface area contributed by atoms with Gasteiger partial charge in [-0.2, -0.15) is 0 Å². The first kappa shape index (κ1) is 23.8. The summed E-state index contributed by atoms with van der Waals surface area (Å²) in [6, 6.07) is -3.60. The molecule has 0 spiro atoms. The van der Waals surface area contributed by atoms with Crippen molar-refractivity contribution in [2.24, 2.45) is 17.6 Å². The average Bonchev–Trinajstić information content (AvgIpc) is 2.50. The first-order valence-electron chi connectivity index (χ1n) is 8.76. The van der Waals surface area contributed by atoms with Crippen molar-refractivity contribution >= 4 is 23.7 Å². The number of aliphatic carboxylic acids is 1. The van der Waals surface area contributed by atoms with Crippen LogP contribution < -0.4 is 21.7 Å². The first-order chi connectivity index (χ1) is 11.9. The maximum Gasteiger partial charge on any atom is 0.325 e. The average molecular weight is 372 g/mol. The second-order valence-corrected chi connectivity index (χ2v) is 7.27. The zero-order valence-corrected chi connectivity index (χ0v) is 16.3. The molecule has 9 nitrogen and oxygen atoms in total. The number of hydrogen-bond acceptors (Lipinski definition) is 5. The number of hydrogen-bond donors (Lipinski definition) is 5. The molecule has 0 saturated carbocycles. The summed E-state index contributed by atoms with van der Waals surface area (Å²) < 4.78 is 0. The quantitative estimate of drug-likeness (QED) is 0.352. The SMILES string of the molecule is CC(C)CC(N)C(=O)NC(C(=O)NC(C)C(=O)NC(C)C(=O)O)C(C)C. The zero-order chi connectivity index (χ0) is 20.6. The fourth-order valence-corrected chi connectivity index (χ4v) is 2.18. The third-order valence-corrected chi connectivity index (χ3v) is 3.79. The Labute approximate surface area is 154 Å². The molecule has 0 aliphatic rings. The minimum atomic E-state index is -1.18. The van der Waals surface area contributed by atoms with Crippen LogP contribution in [0, 0.1) is 11.8 Å². The normalized spacial score (nSPS) is 15.7. The van der Waals surface area contributed by atoms with Crippen molar-refractivity contribution in [2.75, 3.05) is 0 Å². The zero-order valence-electron chi connectivity index (χ0n) is 16.3. The largest absolute Gasteiger partial charge is 0.480 e. The highest BCUT2D eigenvalue weighted by Gasteiger charge is 2.29. The summed E-state index contributed by atoms with van der Waals surface area (Å²) in [5.74, 6) is -2.75. The number of carbonyl (C=O) groups is 4. The highest BCUT2D eigenvalue weighted by atomic mass is 16.4. The van der Waals surface area contributed by atoms with Crippen LogP contribution in [0.3, 0.4) is 0 Å². The van der Waals surface area contributed by atoms with Crippen LogP contribution in [-0.2, 0) is 19.2 Å². The van der Waals surface area contributed by atoms with E-state index in [0.29, 0.717) is 6.42 Å². The summed E-state index contributed by atoms with van der Waals surface area (Å²) in [4.78, 5) is 47.3. The van der Waals surface area contributed by atoms with Crippen LogP contribution in [-0.4, -0.2) is 53.0 Å². The van der Waals surface area contributed by atoms with E-state index in [0.717, 1.165) is 0 Å². The number of carbonyl (C=O) groups excluding carboxylic acids is 3. The fraction of sp³-hybridized carbons (Fsp3) is 0.765. The van der Waals surface area contributed by atoms with E-state index in [1.807, 2.05) is 13.8 Å². The van der Waals surface area contributed by atoms with Gasteiger partial charge in [0.2, 0.25) is 17.7 Å². The Kier molecular flexibility index (Phi) is 9.85. The predicted octanol–water partition coefficient (Wildman–Crippen LogP) is -0.405. The molecule has 0 aliphatic carbocycles. The van der Waals surface area contributed by atoms with E-state index in [1.165, 1.54) is 13.8 Å². The molecule has 9 heteroatoms. The summed E-state index contributed by atoms with van der Waals surface area (Å²) in [6.45, 7) is 10.2. The molecule has 0 heterocycles. The van der Waals surface area contributed by atoms with Gasteiger partial charge in [0.15, 0.2) is 0 Å². The highest BCUT2D eigenvalue weighted by molar-refractivity contribution is 5.93. The summed E-state index contributed by atoms with van der Waals surface area (Å²) >= 11 is 0. The molecular weight excluding hydrogens is 340 g/mol. The monoisotopic (exact) mass is 372 g/mol. The number of carboxylic acids is 1. The van der Waals surface area contributed by atoms with Crippen LogP contribution in [0.1, 0.15) is 48.0 Å². The number of rotatable bonds is 10. The van der Waals surface area contributed by atoms with E-state index < -0.39 is 47.9 Å². The molecule has 0 saturated heterocycles. The van der Waals surface area contributed by atoms with Crippen molar-refractivity contribution in [1.82, 2.24) is 16.0 Å². The van der Waals surface area contributed by atoms with E-state index in [2.05, 4.69) is 16.0 Å². The molecule has 4 unspecified atom stereocenters. The lowest BCUT2D eigenvalue weighted by atomic mass is 10.00. The molecule has 26 heavy (non-hydrogen) atoms. The summed E-state index contributed by atoms with van der Waals surface area (Å²) in [7, 11) is 0. The minimum absolute atomic E-state index is 0.224. The van der Waals surface area contributed by atoms with Gasteiger partial charge in [0, 0.05) is 0 Å². The Morgan fingerprint density at radius 2 is 1.31 bits per heavy atom. The third-order valence-electron chi connectivity index (χ3n) is 3.79. The summed E-state index contributed by atoms with van der Waals surface area (Å²) in [6.07, 6.45) is 0.490. The maximum atomic E-state index is 12.4. The molecule has 0 bridgehead atoms. The van der Waals surface area contributed by atoms with Gasteiger partial charge in [0.1, 0.15) is 18.1 Å². The van der Waals surface area contributed by atoms with Crippen molar-refractivity contribution in [1.29, 1.82) is 0 Å². The van der Waals surface area contributed by atoms with Crippen LogP contribution in [0.15, 0.2) is 0 Å². The standard InChI is InChI=1S/C17H32N4O5/c1-8(2)7-12(18)15(23)21-13(9(3)4)16(24)19-10(5)14(22)20-11(6)17(25)26/h8-13H,7,18H2,1-6H3,(H,19,24)(H,20,22)(H,21,23)(H,25,26). The molecule has 6 N–H and O–H groups in total. The second-order valence-electron chi connectivity index (χ2n) is 7.27. The van der Waals surface area contributed by atoms with Crippen LogP contribution in [0.4, 0.5) is 0 Å². The van der Waals surface area contributed by atoms with Crippen molar-refractivity contribution < 1.29 is 24.3 Å². The highest BCUT2D eigenvalue weighted by Crippen LogP contribution is 2.06. The van der Waals surface area contributed by atoms with Crippen molar-refractivity contribution in [3.8, 4) is 0 Å². The Bertz CT molecular complexity index is 521. The molecule has 0 rings (SSSR count). The smallest absolute Gasteiger partial charge is 0.325 e. The van der Waals surface area contributed by atoms with Gasteiger partial charge in [0.25, 0.3) is 0 Å². The lowest BCUT2D eigenvalue weighted by Gasteiger charge is -2.25. The summed E-state index contributed by atoms with van der Waals surface area (Å²) in [5, 5.41) is 16.2. The third kappa shape index (κ3) is 8.28. The van der Waals surface area contributed by atoms with Crippen molar-refractivity contribution in [3.63, 3.8) is 0 Å². The van der Waals surface area contributed by atoms with Gasteiger partial charge in [-0.25, -0.2) is 0 Å². The lowest BCUT2D eigenvalue weighted by molar-refractivity contribution is -0.141. The Hall–Kier alpha value is -2.16. The summed E-state index contributed by atoms with van der Waals surface area (Å²) in [5.41, 5.74) is 5.84. The lowest BCUT2D eigenvalue weighted by Crippen LogP contribution is -2.57. The Morgan fingerprint density at radius 1 is 0.808 bits per heavy atom. The predicted molar refractivity (Wildman–Crippen MR) is 97.0 cm³/mol. The van der Waals surface area contributed by atoms with E-state index in [4.69, 9.17) is 10.8 Å². The van der Waals surface area contributed by atoms with E-state index >= 15 is 0 Å². The van der Waals surface area contributed by atoms with Gasteiger partial charge in [-0.05, 0) is 32.1 Å². The van der Waals surface area contributed by atoms with E-state index in [9.17, 15) is 19.2 Å². The molecule has 0 aromatic carbocycles. The topological polar surface area (TPSA) is 151 Å². The molecule has 3 amide bonds. The molecule has 0 aromatic rings. The van der Waals surface area contributed by atoms with Gasteiger partial charge in [-0.15, -0.1) is 0 Å². The molecule has 150 valence electrons. The second kappa shape index (κ2) is 10.7. The van der Waals surface area contributed by atoms with Crippen LogP contribution in [0.2, 0.25) is 0 Å². The van der Waals surface area contributed by atoms with E-state index in [1.54, 1.807) is 13.8 Å². The fourth-order valence-electron chi connectivity index (χ4n) is 2.18. The molecule has 0 radical (unpaired) electrons. The van der Waals surface area contributed by atoms with Crippen LogP contribution in [0.25, 0.3) is 0 Å². The number of nitrogens with two attached hydrogens (primary N) is 1. The Balaban J connectivity index is 4.85. The number of amides is 3. The number of carboxylic acid groups (broad SMARTS) is 1. The van der Waals surface area contributed by atoms with Crippen LogP contribution >= 0.6 is 0 Å². The van der Waals surface area contributed by atoms with Crippen molar-refractivity contribution in [2.45, 2.75) is 72.1 Å². The Morgan fingerprint density at radius 3 is 1.73 bits per heavy atom. The van der Waals surface area contributed by atoms with Crippen molar-refractivity contribution in [3.05, 3.63) is 0 Å². The maximum absolute atomic E-state index is 12.4. The minimum Gasteiger partial charge on any atom is -0.480 e. The van der Waals surface area contributed by atoms with E-state index in [-0.39, 0.29) is 11.8 Å². The van der Waals surface area contributed by atoms with Gasteiger partial charge < -0.3 is 26.8 Å². The van der Waals surface area contributed by atoms with Gasteiger partial charge in [0.05, 0.1) is 6.04 Å². The number of nitrogens with one attached hydrogen (secondary N) is 3. The molecule has 4 atom stereocenters. The first-order valence-corrected chi connectivity index (χ1v) is 8.76.